The van der Waals surface area contributed by atoms with Crippen LogP contribution in [0, 0.1) is 0 Å². The van der Waals surface area contributed by atoms with Crippen LogP contribution in [0.25, 0.3) is 11.5 Å². The maximum atomic E-state index is 12.4. The van der Waals surface area contributed by atoms with E-state index in [4.69, 9.17) is 18.9 Å². The molecular weight excluding hydrogens is 336 g/mol. The van der Waals surface area contributed by atoms with Gasteiger partial charge in [0.15, 0.2) is 17.3 Å². The van der Waals surface area contributed by atoms with Gasteiger partial charge in [-0.2, -0.15) is 0 Å². The second kappa shape index (κ2) is 6.07. The molecule has 0 aliphatic carbocycles. The molecule has 0 aromatic heterocycles. The summed E-state index contributed by atoms with van der Waals surface area (Å²) in [5.74, 6) is 0.585. The summed E-state index contributed by atoms with van der Waals surface area (Å²) in [5.41, 5.74) is 1.85. The number of benzene rings is 2. The SMILES string of the molecule is COc1ccc(C2=C/C(=C3\OC(=O)c4ccccc43)C(=O)O2)cc1OC. The van der Waals surface area contributed by atoms with Crippen LogP contribution in [0.5, 0.6) is 11.5 Å². The molecule has 0 fully saturated rings. The number of fused-ring (bicyclic) bond motifs is 1. The minimum absolute atomic E-state index is 0.202. The minimum atomic E-state index is -0.575. The highest BCUT2D eigenvalue weighted by atomic mass is 16.6. The average Bonchev–Trinajstić information content (AvgIpc) is 3.21. The zero-order chi connectivity index (χ0) is 18.3. The molecular formula is C20H14O6. The van der Waals surface area contributed by atoms with Crippen LogP contribution in [0.1, 0.15) is 21.5 Å². The van der Waals surface area contributed by atoms with Crippen molar-refractivity contribution < 1.29 is 28.5 Å². The van der Waals surface area contributed by atoms with E-state index < -0.39 is 11.9 Å². The summed E-state index contributed by atoms with van der Waals surface area (Å²) in [5, 5.41) is 0. The first-order chi connectivity index (χ1) is 12.6. The van der Waals surface area contributed by atoms with Crippen molar-refractivity contribution in [1.82, 2.24) is 0 Å². The molecule has 2 aliphatic rings. The average molecular weight is 350 g/mol. The molecule has 4 rings (SSSR count). The number of hydrogen-bond acceptors (Lipinski definition) is 6. The molecule has 2 aromatic carbocycles. The Balaban J connectivity index is 1.79. The van der Waals surface area contributed by atoms with E-state index in [1.165, 1.54) is 7.11 Å². The maximum Gasteiger partial charge on any atom is 0.347 e. The van der Waals surface area contributed by atoms with Crippen LogP contribution in [-0.2, 0) is 14.3 Å². The van der Waals surface area contributed by atoms with Crippen LogP contribution in [0.15, 0.2) is 54.1 Å². The van der Waals surface area contributed by atoms with Gasteiger partial charge >= 0.3 is 11.9 Å². The Kier molecular flexibility index (Phi) is 3.73. The smallest absolute Gasteiger partial charge is 0.347 e. The van der Waals surface area contributed by atoms with E-state index in [0.29, 0.717) is 33.9 Å². The third-order valence-electron chi connectivity index (χ3n) is 4.20. The van der Waals surface area contributed by atoms with Crippen molar-refractivity contribution in [2.75, 3.05) is 14.2 Å². The van der Waals surface area contributed by atoms with Gasteiger partial charge in [-0.3, -0.25) is 0 Å². The lowest BCUT2D eigenvalue weighted by Crippen LogP contribution is -2.01. The van der Waals surface area contributed by atoms with E-state index in [1.807, 2.05) is 0 Å². The van der Waals surface area contributed by atoms with Crippen LogP contribution >= 0.6 is 0 Å². The van der Waals surface area contributed by atoms with Gasteiger partial charge in [0.1, 0.15) is 11.3 Å². The highest BCUT2D eigenvalue weighted by Gasteiger charge is 2.34. The summed E-state index contributed by atoms with van der Waals surface area (Å²) in [6.07, 6.45) is 1.56. The normalized spacial score (nSPS) is 18.2. The molecule has 130 valence electrons. The van der Waals surface area contributed by atoms with E-state index in [0.717, 1.165) is 0 Å². The monoisotopic (exact) mass is 350 g/mol. The van der Waals surface area contributed by atoms with E-state index >= 15 is 0 Å². The molecule has 0 spiro atoms. The van der Waals surface area contributed by atoms with Crippen LogP contribution < -0.4 is 9.47 Å². The number of rotatable bonds is 3. The fourth-order valence-electron chi connectivity index (χ4n) is 2.93. The molecule has 26 heavy (non-hydrogen) atoms. The quantitative estimate of drug-likeness (QED) is 0.625. The van der Waals surface area contributed by atoms with Gasteiger partial charge in [-0.05, 0) is 30.3 Å². The Labute approximate surface area is 149 Å². The van der Waals surface area contributed by atoms with Crippen molar-refractivity contribution in [3.63, 3.8) is 0 Å². The molecule has 0 radical (unpaired) electrons. The predicted octanol–water partition coefficient (Wildman–Crippen LogP) is 3.18. The molecule has 0 atom stereocenters. The van der Waals surface area contributed by atoms with Gasteiger partial charge in [-0.15, -0.1) is 0 Å². The Bertz CT molecular complexity index is 999. The largest absolute Gasteiger partial charge is 0.493 e. The third kappa shape index (κ3) is 2.43. The number of carbonyl (C=O) groups excluding carboxylic acids is 2. The molecule has 2 aliphatic heterocycles. The highest BCUT2D eigenvalue weighted by molar-refractivity contribution is 6.12. The van der Waals surface area contributed by atoms with Crippen molar-refractivity contribution in [2.45, 2.75) is 0 Å². The van der Waals surface area contributed by atoms with Gasteiger partial charge in [0, 0.05) is 11.1 Å². The number of methoxy groups -OCH3 is 2. The van der Waals surface area contributed by atoms with E-state index in [2.05, 4.69) is 0 Å². The van der Waals surface area contributed by atoms with Crippen LogP contribution in [0.4, 0.5) is 0 Å². The van der Waals surface area contributed by atoms with Crippen molar-refractivity contribution in [1.29, 1.82) is 0 Å². The lowest BCUT2D eigenvalue weighted by Gasteiger charge is -2.09. The Morgan fingerprint density at radius 3 is 2.27 bits per heavy atom. The fourth-order valence-corrected chi connectivity index (χ4v) is 2.93. The van der Waals surface area contributed by atoms with Crippen molar-refractivity contribution in [2.24, 2.45) is 0 Å². The molecule has 6 nitrogen and oxygen atoms in total. The van der Waals surface area contributed by atoms with Crippen molar-refractivity contribution >= 4 is 23.5 Å². The van der Waals surface area contributed by atoms with Crippen LogP contribution in [0.3, 0.4) is 0 Å². The molecule has 6 heteroatoms. The summed E-state index contributed by atoms with van der Waals surface area (Å²) < 4.78 is 21.2. The van der Waals surface area contributed by atoms with Gasteiger partial charge in [-0.25, -0.2) is 9.59 Å². The van der Waals surface area contributed by atoms with Crippen molar-refractivity contribution in [3.8, 4) is 11.5 Å². The first-order valence-electron chi connectivity index (χ1n) is 7.84. The number of esters is 2. The Hall–Kier alpha value is -3.54. The number of carbonyl (C=O) groups is 2. The van der Waals surface area contributed by atoms with Gasteiger partial charge in [0.2, 0.25) is 0 Å². The molecule has 0 N–H and O–H groups in total. The molecule has 2 heterocycles. The highest BCUT2D eigenvalue weighted by Crippen LogP contribution is 2.38. The molecule has 0 saturated heterocycles. The van der Waals surface area contributed by atoms with E-state index in [1.54, 1.807) is 55.7 Å². The number of hydrogen-bond donors (Lipinski definition) is 0. The van der Waals surface area contributed by atoms with E-state index in [-0.39, 0.29) is 11.3 Å². The van der Waals surface area contributed by atoms with Crippen LogP contribution in [-0.4, -0.2) is 26.2 Å². The zero-order valence-electron chi connectivity index (χ0n) is 14.1. The first kappa shape index (κ1) is 16.0. The van der Waals surface area contributed by atoms with Gasteiger partial charge < -0.3 is 18.9 Å². The second-order valence-electron chi connectivity index (χ2n) is 5.65. The fraction of sp³-hybridized carbons (Fsp3) is 0.100. The first-order valence-corrected chi connectivity index (χ1v) is 7.84. The predicted molar refractivity (Wildman–Crippen MR) is 92.4 cm³/mol. The molecule has 2 aromatic rings. The summed E-state index contributed by atoms with van der Waals surface area (Å²) >= 11 is 0. The Morgan fingerprint density at radius 2 is 1.54 bits per heavy atom. The lowest BCUT2D eigenvalue weighted by molar-refractivity contribution is -0.130. The maximum absolute atomic E-state index is 12.4. The molecule has 0 saturated carbocycles. The summed E-state index contributed by atoms with van der Waals surface area (Å²) in [4.78, 5) is 24.3. The van der Waals surface area contributed by atoms with Crippen LogP contribution in [0.2, 0.25) is 0 Å². The molecule has 0 bridgehead atoms. The summed E-state index contributed by atoms with van der Waals surface area (Å²) in [6.45, 7) is 0. The summed E-state index contributed by atoms with van der Waals surface area (Å²) in [6, 6.07) is 12.1. The number of cyclic esters (lactones) is 2. The molecule has 0 amide bonds. The lowest BCUT2D eigenvalue weighted by atomic mass is 10.0. The van der Waals surface area contributed by atoms with Gasteiger partial charge in [0.25, 0.3) is 0 Å². The van der Waals surface area contributed by atoms with Gasteiger partial charge in [-0.1, -0.05) is 18.2 Å². The standard InChI is InChI=1S/C20H14O6/c1-23-15-8-7-11(9-17(15)24-2)16-10-14(20(22)25-16)18-12-5-3-4-6-13(12)19(21)26-18/h3-10H,1-2H3/b18-14+. The van der Waals surface area contributed by atoms with Crippen molar-refractivity contribution in [3.05, 3.63) is 70.8 Å². The third-order valence-corrected chi connectivity index (χ3v) is 4.20. The van der Waals surface area contributed by atoms with Gasteiger partial charge in [0.05, 0.1) is 19.8 Å². The number of ether oxygens (including phenoxy) is 4. The second-order valence-corrected chi connectivity index (χ2v) is 5.65. The Morgan fingerprint density at radius 1 is 0.808 bits per heavy atom. The summed E-state index contributed by atoms with van der Waals surface area (Å²) in [7, 11) is 3.07. The topological polar surface area (TPSA) is 71.1 Å². The van der Waals surface area contributed by atoms with E-state index in [9.17, 15) is 9.59 Å². The zero-order valence-corrected chi connectivity index (χ0v) is 14.1. The molecule has 0 unspecified atom stereocenters. The minimum Gasteiger partial charge on any atom is -0.493 e.